The van der Waals surface area contributed by atoms with Crippen molar-refractivity contribution in [1.82, 2.24) is 20.1 Å². The molecule has 0 atom stereocenters. The van der Waals surface area contributed by atoms with Crippen LogP contribution in [0.3, 0.4) is 0 Å². The van der Waals surface area contributed by atoms with Crippen molar-refractivity contribution >= 4 is 35.0 Å². The highest BCUT2D eigenvalue weighted by molar-refractivity contribution is 7.99. The van der Waals surface area contributed by atoms with Gasteiger partial charge in [-0.05, 0) is 38.0 Å². The molecule has 2 aromatic carbocycles. The number of thioether (sulfide) groups is 1. The van der Waals surface area contributed by atoms with Gasteiger partial charge in [-0.3, -0.25) is 19.7 Å². The van der Waals surface area contributed by atoms with Crippen LogP contribution in [0.1, 0.15) is 34.2 Å². The Bertz CT molecular complexity index is 1170. The van der Waals surface area contributed by atoms with Crippen LogP contribution in [-0.4, -0.2) is 37.3 Å². The number of rotatable bonds is 9. The molecule has 0 aliphatic rings. The first-order chi connectivity index (χ1) is 15.8. The summed E-state index contributed by atoms with van der Waals surface area (Å²) in [6, 6.07) is 11.3. The molecule has 0 spiro atoms. The fraction of sp³-hybridized carbons (Fsp3) is 0.273. The third kappa shape index (κ3) is 5.95. The van der Waals surface area contributed by atoms with Gasteiger partial charge in [-0.15, -0.1) is 10.2 Å². The van der Waals surface area contributed by atoms with E-state index in [1.807, 2.05) is 43.5 Å². The zero-order chi connectivity index (χ0) is 24.0. The molecule has 0 saturated heterocycles. The molecule has 1 aromatic heterocycles. The van der Waals surface area contributed by atoms with Crippen LogP contribution in [0.2, 0.25) is 0 Å². The van der Waals surface area contributed by atoms with Gasteiger partial charge in [-0.25, -0.2) is 0 Å². The predicted molar refractivity (Wildman–Crippen MR) is 125 cm³/mol. The van der Waals surface area contributed by atoms with Crippen molar-refractivity contribution in [2.45, 2.75) is 39.0 Å². The Kier molecular flexibility index (Phi) is 7.78. The molecule has 0 unspecified atom stereocenters. The Morgan fingerprint density at radius 3 is 2.48 bits per heavy atom. The zero-order valence-electron chi connectivity index (χ0n) is 18.5. The van der Waals surface area contributed by atoms with Crippen LogP contribution in [0.5, 0.6) is 0 Å². The molecule has 0 fully saturated rings. The van der Waals surface area contributed by atoms with Crippen LogP contribution < -0.4 is 10.6 Å². The Balaban J connectivity index is 1.60. The SMILES string of the molecule is CCn1c(CNC(=O)c2cccc([N+](=O)[O-])c2)nnc1SCC(=O)Nc1c(C)cccc1C. The summed E-state index contributed by atoms with van der Waals surface area (Å²) < 4.78 is 1.81. The molecule has 11 heteroatoms. The standard InChI is InChI=1S/C22H24N6O4S/c1-4-27-18(12-23-21(30)16-9-6-10-17(11-16)28(31)32)25-26-22(27)33-13-19(29)24-20-14(2)7-5-8-15(20)3/h5-11H,4,12-13H2,1-3H3,(H,23,30)(H,24,29). The molecule has 0 aliphatic carbocycles. The van der Waals surface area contributed by atoms with E-state index in [0.29, 0.717) is 17.5 Å². The minimum absolute atomic E-state index is 0.0948. The Labute approximate surface area is 194 Å². The lowest BCUT2D eigenvalue weighted by molar-refractivity contribution is -0.384. The molecule has 3 aromatic rings. The number of hydrogen-bond acceptors (Lipinski definition) is 7. The van der Waals surface area contributed by atoms with Crippen LogP contribution in [-0.2, 0) is 17.9 Å². The van der Waals surface area contributed by atoms with E-state index in [1.54, 1.807) is 0 Å². The van der Waals surface area contributed by atoms with Gasteiger partial charge in [0.15, 0.2) is 11.0 Å². The molecule has 0 bridgehead atoms. The molecule has 33 heavy (non-hydrogen) atoms. The number of amides is 2. The smallest absolute Gasteiger partial charge is 0.270 e. The van der Waals surface area contributed by atoms with Crippen molar-refractivity contribution < 1.29 is 14.5 Å². The zero-order valence-corrected chi connectivity index (χ0v) is 19.3. The highest BCUT2D eigenvalue weighted by Crippen LogP contribution is 2.22. The summed E-state index contributed by atoms with van der Waals surface area (Å²) in [4.78, 5) is 35.2. The van der Waals surface area contributed by atoms with E-state index in [1.165, 1.54) is 36.0 Å². The molecular weight excluding hydrogens is 444 g/mol. The topological polar surface area (TPSA) is 132 Å². The van der Waals surface area contributed by atoms with E-state index in [-0.39, 0.29) is 29.5 Å². The second-order valence-electron chi connectivity index (χ2n) is 7.24. The Morgan fingerprint density at radius 2 is 1.82 bits per heavy atom. The van der Waals surface area contributed by atoms with Gasteiger partial charge in [0.2, 0.25) is 5.91 Å². The number of nitro groups is 1. The average molecular weight is 469 g/mol. The first-order valence-corrected chi connectivity index (χ1v) is 11.2. The lowest BCUT2D eigenvalue weighted by atomic mass is 10.1. The normalized spacial score (nSPS) is 10.6. The van der Waals surface area contributed by atoms with Crippen molar-refractivity contribution in [2.24, 2.45) is 0 Å². The molecular formula is C22H24N6O4S. The molecule has 0 radical (unpaired) electrons. The maximum Gasteiger partial charge on any atom is 0.270 e. The van der Waals surface area contributed by atoms with Gasteiger partial charge in [-0.1, -0.05) is 36.0 Å². The largest absolute Gasteiger partial charge is 0.345 e. The number of hydrogen-bond donors (Lipinski definition) is 2. The van der Waals surface area contributed by atoms with Gasteiger partial charge in [-0.2, -0.15) is 0 Å². The number of nitrogens with one attached hydrogen (secondary N) is 2. The van der Waals surface area contributed by atoms with E-state index in [0.717, 1.165) is 16.8 Å². The van der Waals surface area contributed by atoms with Gasteiger partial charge >= 0.3 is 0 Å². The van der Waals surface area contributed by atoms with Crippen LogP contribution in [0.15, 0.2) is 47.6 Å². The number of anilines is 1. The molecule has 3 rings (SSSR count). The van der Waals surface area contributed by atoms with Gasteiger partial charge < -0.3 is 15.2 Å². The Morgan fingerprint density at radius 1 is 1.12 bits per heavy atom. The maximum absolute atomic E-state index is 12.4. The summed E-state index contributed by atoms with van der Waals surface area (Å²) in [6.07, 6.45) is 0. The fourth-order valence-corrected chi connectivity index (χ4v) is 4.03. The lowest BCUT2D eigenvalue weighted by Gasteiger charge is -2.11. The molecule has 1 heterocycles. The van der Waals surface area contributed by atoms with Crippen LogP contribution in [0.4, 0.5) is 11.4 Å². The van der Waals surface area contributed by atoms with Crippen molar-refractivity contribution in [3.8, 4) is 0 Å². The van der Waals surface area contributed by atoms with Gasteiger partial charge in [0, 0.05) is 29.9 Å². The number of nitro benzene ring substituents is 1. The lowest BCUT2D eigenvalue weighted by Crippen LogP contribution is -2.25. The number of non-ortho nitro benzene ring substituents is 1. The number of carbonyl (C=O) groups is 2. The number of carbonyl (C=O) groups excluding carboxylic acids is 2. The highest BCUT2D eigenvalue weighted by atomic mass is 32.2. The van der Waals surface area contributed by atoms with Crippen molar-refractivity contribution in [3.05, 3.63) is 75.1 Å². The van der Waals surface area contributed by atoms with E-state index in [9.17, 15) is 19.7 Å². The molecule has 172 valence electrons. The number of para-hydroxylation sites is 1. The first-order valence-electron chi connectivity index (χ1n) is 10.2. The Hall–Kier alpha value is -3.73. The number of nitrogens with zero attached hydrogens (tertiary/aromatic N) is 4. The summed E-state index contributed by atoms with van der Waals surface area (Å²) in [6.45, 7) is 6.44. The third-order valence-corrected chi connectivity index (χ3v) is 5.88. The second-order valence-corrected chi connectivity index (χ2v) is 8.18. The third-order valence-electron chi connectivity index (χ3n) is 4.91. The summed E-state index contributed by atoms with van der Waals surface area (Å²) in [5.41, 5.74) is 2.82. The van der Waals surface area contributed by atoms with Gasteiger partial charge in [0.1, 0.15) is 0 Å². The van der Waals surface area contributed by atoms with Gasteiger partial charge in [0.05, 0.1) is 17.2 Å². The minimum atomic E-state index is -0.551. The molecule has 2 N–H and O–H groups in total. The summed E-state index contributed by atoms with van der Waals surface area (Å²) in [5, 5.41) is 25.4. The molecule has 2 amide bonds. The monoisotopic (exact) mass is 468 g/mol. The summed E-state index contributed by atoms with van der Waals surface area (Å²) in [7, 11) is 0. The van der Waals surface area contributed by atoms with Crippen LogP contribution in [0.25, 0.3) is 0 Å². The van der Waals surface area contributed by atoms with E-state index >= 15 is 0 Å². The predicted octanol–water partition coefficient (Wildman–Crippen LogP) is 3.48. The molecule has 10 nitrogen and oxygen atoms in total. The van der Waals surface area contributed by atoms with Crippen molar-refractivity contribution in [2.75, 3.05) is 11.1 Å². The highest BCUT2D eigenvalue weighted by Gasteiger charge is 2.16. The molecule has 0 saturated carbocycles. The van der Waals surface area contributed by atoms with E-state index in [2.05, 4.69) is 20.8 Å². The van der Waals surface area contributed by atoms with Crippen molar-refractivity contribution in [1.29, 1.82) is 0 Å². The average Bonchev–Trinajstić information content (AvgIpc) is 3.20. The van der Waals surface area contributed by atoms with Crippen LogP contribution in [0, 0.1) is 24.0 Å². The number of aromatic nitrogens is 3. The number of aryl methyl sites for hydroxylation is 2. The summed E-state index contributed by atoms with van der Waals surface area (Å²) >= 11 is 1.26. The number of benzene rings is 2. The van der Waals surface area contributed by atoms with Gasteiger partial charge in [0.25, 0.3) is 11.6 Å². The maximum atomic E-state index is 12.4. The summed E-state index contributed by atoms with van der Waals surface area (Å²) in [5.74, 6) is 0.0791. The fourth-order valence-electron chi connectivity index (χ4n) is 3.21. The second kappa shape index (κ2) is 10.7. The van der Waals surface area contributed by atoms with Crippen LogP contribution >= 0.6 is 11.8 Å². The van der Waals surface area contributed by atoms with E-state index in [4.69, 9.17) is 0 Å². The minimum Gasteiger partial charge on any atom is -0.345 e. The van der Waals surface area contributed by atoms with Crippen molar-refractivity contribution in [3.63, 3.8) is 0 Å². The first kappa shape index (κ1) is 23.9. The van der Waals surface area contributed by atoms with E-state index < -0.39 is 10.8 Å². The quantitative estimate of drug-likeness (QED) is 0.279. The molecule has 0 aliphatic heterocycles.